The topological polar surface area (TPSA) is 9.23 Å². The largest absolute Gasteiger partial charge is 0.486 e. The number of rotatable bonds is 5. The van der Waals surface area contributed by atoms with Crippen molar-refractivity contribution in [1.29, 1.82) is 0 Å². The molecule has 0 aliphatic heterocycles. The van der Waals surface area contributed by atoms with Crippen LogP contribution in [0.4, 0.5) is 0 Å². The minimum absolute atomic E-state index is 0.0198. The van der Waals surface area contributed by atoms with Gasteiger partial charge in [-0.25, -0.2) is 0 Å². The van der Waals surface area contributed by atoms with Gasteiger partial charge in [-0.2, -0.15) is 0 Å². The zero-order valence-electron chi connectivity index (χ0n) is 10.5. The number of aryl methyl sites for hydroxylation is 1. The van der Waals surface area contributed by atoms with Gasteiger partial charge in [0.25, 0.3) is 0 Å². The van der Waals surface area contributed by atoms with Gasteiger partial charge < -0.3 is 4.74 Å². The van der Waals surface area contributed by atoms with Crippen LogP contribution in [0.2, 0.25) is 0 Å². The molecule has 2 aromatic carbocycles. The van der Waals surface area contributed by atoms with E-state index in [-0.39, 0.29) is 6.10 Å². The second-order valence-corrected chi connectivity index (χ2v) is 4.69. The highest BCUT2D eigenvalue weighted by atomic mass is 35.5. The third kappa shape index (κ3) is 3.51. The third-order valence-corrected chi connectivity index (χ3v) is 3.06. The van der Waals surface area contributed by atoms with Crippen LogP contribution in [0.5, 0.6) is 5.75 Å². The molecule has 0 heterocycles. The van der Waals surface area contributed by atoms with Crippen molar-refractivity contribution in [3.63, 3.8) is 0 Å². The molecule has 0 fully saturated rings. The molecule has 0 radical (unpaired) electrons. The van der Waals surface area contributed by atoms with Gasteiger partial charge in [0.2, 0.25) is 0 Å². The molecule has 0 amide bonds. The summed E-state index contributed by atoms with van der Waals surface area (Å²) in [4.78, 5) is 0. The molecule has 2 rings (SSSR count). The maximum Gasteiger partial charge on any atom is 0.125 e. The van der Waals surface area contributed by atoms with Gasteiger partial charge in [-0.1, -0.05) is 48.0 Å². The minimum Gasteiger partial charge on any atom is -0.486 e. The Bertz CT molecular complexity index is 464. The molecule has 0 spiro atoms. The molecule has 1 atom stereocenters. The van der Waals surface area contributed by atoms with Crippen LogP contribution in [-0.4, -0.2) is 5.88 Å². The van der Waals surface area contributed by atoms with Crippen molar-refractivity contribution in [2.45, 2.75) is 19.4 Å². The summed E-state index contributed by atoms with van der Waals surface area (Å²) in [6, 6.07) is 18.3. The van der Waals surface area contributed by atoms with Crippen LogP contribution in [0.25, 0.3) is 0 Å². The SMILES string of the molecule is Cc1ccc(OC(CCCl)c2ccccc2)cc1. The smallest absolute Gasteiger partial charge is 0.125 e. The molecule has 0 N–H and O–H groups in total. The molecule has 0 saturated carbocycles. The van der Waals surface area contributed by atoms with Crippen LogP contribution in [0.3, 0.4) is 0 Å². The van der Waals surface area contributed by atoms with Crippen LogP contribution in [-0.2, 0) is 0 Å². The zero-order valence-corrected chi connectivity index (χ0v) is 11.2. The number of halogens is 1. The Labute approximate surface area is 113 Å². The molecule has 2 aromatic rings. The van der Waals surface area contributed by atoms with Crippen LogP contribution < -0.4 is 4.74 Å². The van der Waals surface area contributed by atoms with Gasteiger partial charge >= 0.3 is 0 Å². The first kappa shape index (κ1) is 13.0. The molecule has 0 aliphatic rings. The van der Waals surface area contributed by atoms with Gasteiger partial charge in [0.05, 0.1) is 0 Å². The van der Waals surface area contributed by atoms with Gasteiger partial charge in [0.15, 0.2) is 0 Å². The Morgan fingerprint density at radius 1 is 1.00 bits per heavy atom. The predicted molar refractivity (Wildman–Crippen MR) is 76.3 cm³/mol. The lowest BCUT2D eigenvalue weighted by Crippen LogP contribution is -2.08. The standard InChI is InChI=1S/C16H17ClO/c1-13-7-9-15(10-8-13)18-16(11-12-17)14-5-3-2-4-6-14/h2-10,16H,11-12H2,1H3. The number of alkyl halides is 1. The number of hydrogen-bond donors (Lipinski definition) is 0. The van der Waals surface area contributed by atoms with Crippen molar-refractivity contribution in [3.8, 4) is 5.75 Å². The van der Waals surface area contributed by atoms with Gasteiger partial charge in [-0.3, -0.25) is 0 Å². The highest BCUT2D eigenvalue weighted by molar-refractivity contribution is 6.17. The molecule has 18 heavy (non-hydrogen) atoms. The zero-order chi connectivity index (χ0) is 12.8. The van der Waals surface area contributed by atoms with Gasteiger partial charge in [-0.05, 0) is 24.6 Å². The molecule has 0 aromatic heterocycles. The normalized spacial score (nSPS) is 12.1. The first-order valence-electron chi connectivity index (χ1n) is 6.14. The molecular weight excluding hydrogens is 244 g/mol. The van der Waals surface area contributed by atoms with Crippen molar-refractivity contribution in [2.24, 2.45) is 0 Å². The van der Waals surface area contributed by atoms with Crippen LogP contribution >= 0.6 is 11.6 Å². The summed E-state index contributed by atoms with van der Waals surface area (Å²) in [6.45, 7) is 2.07. The lowest BCUT2D eigenvalue weighted by Gasteiger charge is -2.18. The lowest BCUT2D eigenvalue weighted by atomic mass is 10.1. The minimum atomic E-state index is 0.0198. The monoisotopic (exact) mass is 260 g/mol. The van der Waals surface area contributed by atoms with Crippen molar-refractivity contribution >= 4 is 11.6 Å². The van der Waals surface area contributed by atoms with E-state index in [4.69, 9.17) is 16.3 Å². The Hall–Kier alpha value is -1.47. The van der Waals surface area contributed by atoms with Crippen molar-refractivity contribution in [2.75, 3.05) is 5.88 Å². The summed E-state index contributed by atoms with van der Waals surface area (Å²) >= 11 is 5.86. The average molecular weight is 261 g/mol. The second-order valence-electron chi connectivity index (χ2n) is 4.31. The molecule has 0 saturated heterocycles. The summed E-state index contributed by atoms with van der Waals surface area (Å²) in [7, 11) is 0. The van der Waals surface area contributed by atoms with E-state index in [0.29, 0.717) is 5.88 Å². The fourth-order valence-corrected chi connectivity index (χ4v) is 2.04. The first-order valence-corrected chi connectivity index (χ1v) is 6.67. The van der Waals surface area contributed by atoms with Gasteiger partial charge in [0.1, 0.15) is 11.9 Å². The lowest BCUT2D eigenvalue weighted by molar-refractivity contribution is 0.202. The fraction of sp³-hybridized carbons (Fsp3) is 0.250. The molecule has 2 heteroatoms. The highest BCUT2D eigenvalue weighted by Crippen LogP contribution is 2.25. The van der Waals surface area contributed by atoms with Crippen molar-refractivity contribution in [3.05, 3.63) is 65.7 Å². The van der Waals surface area contributed by atoms with Gasteiger partial charge in [-0.15, -0.1) is 11.6 Å². The summed E-state index contributed by atoms with van der Waals surface area (Å²) in [5.74, 6) is 1.48. The fourth-order valence-electron chi connectivity index (χ4n) is 1.84. The number of ether oxygens (including phenoxy) is 1. The first-order chi connectivity index (χ1) is 8.79. The van der Waals surface area contributed by atoms with E-state index in [2.05, 4.69) is 31.2 Å². The quantitative estimate of drug-likeness (QED) is 0.706. The molecule has 0 aliphatic carbocycles. The molecule has 1 nitrogen and oxygen atoms in total. The van der Waals surface area contributed by atoms with Crippen LogP contribution in [0.1, 0.15) is 23.7 Å². The molecule has 94 valence electrons. The Morgan fingerprint density at radius 2 is 1.67 bits per heavy atom. The Kier molecular flexibility index (Phi) is 4.66. The summed E-state index contributed by atoms with van der Waals surface area (Å²) in [6.07, 6.45) is 0.825. The number of hydrogen-bond acceptors (Lipinski definition) is 1. The molecule has 0 bridgehead atoms. The third-order valence-electron chi connectivity index (χ3n) is 2.84. The predicted octanol–water partition coefficient (Wildman–Crippen LogP) is 4.74. The van der Waals surface area contributed by atoms with E-state index in [1.165, 1.54) is 11.1 Å². The van der Waals surface area contributed by atoms with Crippen LogP contribution in [0, 0.1) is 6.92 Å². The van der Waals surface area contributed by atoms with E-state index in [1.807, 2.05) is 30.3 Å². The Balaban J connectivity index is 2.14. The highest BCUT2D eigenvalue weighted by Gasteiger charge is 2.12. The Morgan fingerprint density at radius 3 is 2.28 bits per heavy atom. The van der Waals surface area contributed by atoms with E-state index in [1.54, 1.807) is 0 Å². The van der Waals surface area contributed by atoms with E-state index >= 15 is 0 Å². The molecular formula is C16H17ClO. The molecule has 1 unspecified atom stereocenters. The van der Waals surface area contributed by atoms with E-state index < -0.39 is 0 Å². The van der Waals surface area contributed by atoms with E-state index in [0.717, 1.165) is 12.2 Å². The summed E-state index contributed by atoms with van der Waals surface area (Å²) < 4.78 is 6.01. The summed E-state index contributed by atoms with van der Waals surface area (Å²) in [5, 5.41) is 0. The van der Waals surface area contributed by atoms with Crippen molar-refractivity contribution in [1.82, 2.24) is 0 Å². The summed E-state index contributed by atoms with van der Waals surface area (Å²) in [5.41, 5.74) is 2.40. The van der Waals surface area contributed by atoms with Crippen LogP contribution in [0.15, 0.2) is 54.6 Å². The van der Waals surface area contributed by atoms with E-state index in [9.17, 15) is 0 Å². The number of benzene rings is 2. The van der Waals surface area contributed by atoms with Crippen molar-refractivity contribution < 1.29 is 4.74 Å². The average Bonchev–Trinajstić information content (AvgIpc) is 2.42. The van der Waals surface area contributed by atoms with Gasteiger partial charge in [0, 0.05) is 12.3 Å². The maximum atomic E-state index is 6.01. The second kappa shape index (κ2) is 6.46. The maximum absolute atomic E-state index is 6.01.